The molecule has 0 aromatic carbocycles. The summed E-state index contributed by atoms with van der Waals surface area (Å²) in [6, 6.07) is 0. The molecule has 0 radical (unpaired) electrons. The molecule has 0 fully saturated rings. The van der Waals surface area contributed by atoms with Crippen molar-refractivity contribution in [1.29, 1.82) is 0 Å². The van der Waals surface area contributed by atoms with Gasteiger partial charge >= 0.3 is 0 Å². The molecule has 3 nitrogen and oxygen atoms in total. The van der Waals surface area contributed by atoms with Crippen LogP contribution in [0, 0.1) is 0 Å². The van der Waals surface area contributed by atoms with Crippen LogP contribution in [0.15, 0.2) is 0 Å². The van der Waals surface area contributed by atoms with Gasteiger partial charge in [0.05, 0.1) is 25.9 Å². The molecule has 0 heterocycles. The van der Waals surface area contributed by atoms with E-state index in [2.05, 4.69) is 0 Å². The summed E-state index contributed by atoms with van der Waals surface area (Å²) in [6.07, 6.45) is -1.06. The van der Waals surface area contributed by atoms with Crippen molar-refractivity contribution >= 4 is 23.2 Å². The van der Waals surface area contributed by atoms with Gasteiger partial charge in [0.2, 0.25) is 0 Å². The first-order valence-corrected chi connectivity index (χ1v) is 5.28. The molecule has 5 heteroatoms. The topological polar surface area (TPSA) is 40.5 Å². The fraction of sp³-hybridized carbons (Fsp3) is 1.00. The molecule has 0 amide bonds. The SMILES string of the molecule is C[N+](C)(CC(O)CCl)CC(O)CCl. The number of hydrogen-bond donors (Lipinski definition) is 2. The average molecular weight is 231 g/mol. The molecule has 0 saturated carbocycles. The van der Waals surface area contributed by atoms with Gasteiger partial charge in [0, 0.05) is 0 Å². The van der Waals surface area contributed by atoms with Gasteiger partial charge in [-0.25, -0.2) is 0 Å². The standard InChI is InChI=1S/C8H18Cl2NO2/c1-11(2,5-7(12)3-9)6-8(13)4-10/h7-8,12-13H,3-6H2,1-2H3/q+1. The van der Waals surface area contributed by atoms with E-state index >= 15 is 0 Å². The van der Waals surface area contributed by atoms with E-state index in [1.165, 1.54) is 0 Å². The number of alkyl halides is 2. The van der Waals surface area contributed by atoms with Crippen LogP contribution < -0.4 is 0 Å². The Morgan fingerprint density at radius 1 is 1.00 bits per heavy atom. The lowest BCUT2D eigenvalue weighted by Crippen LogP contribution is -2.50. The van der Waals surface area contributed by atoms with E-state index in [1.807, 2.05) is 14.1 Å². The Bertz CT molecular complexity index is 130. The lowest BCUT2D eigenvalue weighted by molar-refractivity contribution is -0.895. The molecule has 80 valence electrons. The third-order valence-corrected chi connectivity index (χ3v) is 2.48. The van der Waals surface area contributed by atoms with Gasteiger partial charge in [-0.15, -0.1) is 23.2 Å². The third-order valence-electron chi connectivity index (χ3n) is 1.77. The highest BCUT2D eigenvalue weighted by atomic mass is 35.5. The zero-order chi connectivity index (χ0) is 10.5. The van der Waals surface area contributed by atoms with E-state index < -0.39 is 12.2 Å². The zero-order valence-electron chi connectivity index (χ0n) is 8.08. The maximum Gasteiger partial charge on any atom is 0.116 e. The second-order valence-electron chi connectivity index (χ2n) is 3.92. The Morgan fingerprint density at radius 2 is 1.31 bits per heavy atom. The van der Waals surface area contributed by atoms with Gasteiger partial charge in [-0.3, -0.25) is 0 Å². The maximum absolute atomic E-state index is 9.32. The van der Waals surface area contributed by atoms with Gasteiger partial charge in [0.15, 0.2) is 0 Å². The number of rotatable bonds is 6. The molecule has 0 saturated heterocycles. The van der Waals surface area contributed by atoms with E-state index in [4.69, 9.17) is 23.2 Å². The number of likely N-dealkylation sites (N-methyl/N-ethyl adjacent to an activating group) is 1. The normalized spacial score (nSPS) is 17.1. The quantitative estimate of drug-likeness (QED) is 0.508. The molecule has 2 N–H and O–H groups in total. The Balaban J connectivity index is 3.92. The summed E-state index contributed by atoms with van der Waals surface area (Å²) >= 11 is 11.0. The summed E-state index contributed by atoms with van der Waals surface area (Å²) in [7, 11) is 3.84. The van der Waals surface area contributed by atoms with Gasteiger partial charge in [-0.05, 0) is 0 Å². The Labute approximate surface area is 89.5 Å². The van der Waals surface area contributed by atoms with Crippen molar-refractivity contribution in [2.45, 2.75) is 12.2 Å². The molecule has 0 bridgehead atoms. The van der Waals surface area contributed by atoms with Crippen LogP contribution in [0.25, 0.3) is 0 Å². The smallest absolute Gasteiger partial charge is 0.116 e. The number of quaternary nitrogens is 1. The minimum absolute atomic E-state index is 0.221. The Kier molecular flexibility index (Phi) is 6.25. The molecule has 0 aliphatic heterocycles. The Morgan fingerprint density at radius 3 is 1.54 bits per heavy atom. The molecular weight excluding hydrogens is 213 g/mol. The number of aliphatic hydroxyl groups is 2. The predicted molar refractivity (Wildman–Crippen MR) is 55.3 cm³/mol. The van der Waals surface area contributed by atoms with E-state index in [9.17, 15) is 10.2 Å². The van der Waals surface area contributed by atoms with Crippen LogP contribution in [0.3, 0.4) is 0 Å². The van der Waals surface area contributed by atoms with Crippen LogP contribution in [0.4, 0.5) is 0 Å². The molecule has 0 spiro atoms. The van der Waals surface area contributed by atoms with Gasteiger partial charge in [-0.1, -0.05) is 0 Å². The second kappa shape index (κ2) is 6.04. The number of halogens is 2. The fourth-order valence-electron chi connectivity index (χ4n) is 1.31. The summed E-state index contributed by atoms with van der Waals surface area (Å²) in [6.45, 7) is 1.05. The van der Waals surface area contributed by atoms with Crippen LogP contribution in [-0.2, 0) is 0 Å². The molecular formula is C8H18Cl2NO2+. The van der Waals surface area contributed by atoms with E-state index in [0.29, 0.717) is 17.6 Å². The van der Waals surface area contributed by atoms with Crippen molar-refractivity contribution in [1.82, 2.24) is 0 Å². The lowest BCUT2D eigenvalue weighted by atomic mass is 10.3. The first-order chi connectivity index (χ1) is 5.91. The molecule has 0 aliphatic carbocycles. The second-order valence-corrected chi connectivity index (χ2v) is 4.53. The molecule has 2 unspecified atom stereocenters. The van der Waals surface area contributed by atoms with Crippen LogP contribution in [-0.4, -0.2) is 65.8 Å². The van der Waals surface area contributed by atoms with E-state index in [0.717, 1.165) is 0 Å². The lowest BCUT2D eigenvalue weighted by Gasteiger charge is -2.32. The number of hydrogen-bond acceptors (Lipinski definition) is 2. The molecule has 0 aromatic heterocycles. The number of nitrogens with zero attached hydrogens (tertiary/aromatic N) is 1. The van der Waals surface area contributed by atoms with E-state index in [-0.39, 0.29) is 11.8 Å². The summed E-state index contributed by atoms with van der Waals surface area (Å²) < 4.78 is 0.516. The van der Waals surface area contributed by atoms with Crippen molar-refractivity contribution in [2.24, 2.45) is 0 Å². The van der Waals surface area contributed by atoms with Gasteiger partial charge in [0.25, 0.3) is 0 Å². The Hall–Kier alpha value is 0.460. The van der Waals surface area contributed by atoms with Crippen molar-refractivity contribution in [3.8, 4) is 0 Å². The van der Waals surface area contributed by atoms with Crippen molar-refractivity contribution in [3.63, 3.8) is 0 Å². The first kappa shape index (κ1) is 13.5. The van der Waals surface area contributed by atoms with Gasteiger partial charge in [-0.2, -0.15) is 0 Å². The zero-order valence-corrected chi connectivity index (χ0v) is 9.59. The highest BCUT2D eigenvalue weighted by Crippen LogP contribution is 2.04. The average Bonchev–Trinajstić information content (AvgIpc) is 2.02. The minimum Gasteiger partial charge on any atom is -0.386 e. The molecule has 0 rings (SSSR count). The number of aliphatic hydroxyl groups excluding tert-OH is 2. The van der Waals surface area contributed by atoms with Crippen LogP contribution >= 0.6 is 23.2 Å². The van der Waals surface area contributed by atoms with Crippen LogP contribution in [0.1, 0.15) is 0 Å². The van der Waals surface area contributed by atoms with Gasteiger partial charge in [0.1, 0.15) is 25.3 Å². The molecule has 13 heavy (non-hydrogen) atoms. The largest absolute Gasteiger partial charge is 0.386 e. The minimum atomic E-state index is -0.529. The molecule has 0 aromatic rings. The van der Waals surface area contributed by atoms with Crippen LogP contribution in [0.5, 0.6) is 0 Å². The fourth-order valence-corrected chi connectivity index (χ4v) is 1.51. The van der Waals surface area contributed by atoms with E-state index in [1.54, 1.807) is 0 Å². The summed E-state index contributed by atoms with van der Waals surface area (Å²) in [4.78, 5) is 0. The van der Waals surface area contributed by atoms with Crippen molar-refractivity contribution < 1.29 is 14.7 Å². The summed E-state index contributed by atoms with van der Waals surface area (Å²) in [5.41, 5.74) is 0. The summed E-state index contributed by atoms with van der Waals surface area (Å²) in [5, 5.41) is 18.6. The maximum atomic E-state index is 9.32. The van der Waals surface area contributed by atoms with Crippen LogP contribution in [0.2, 0.25) is 0 Å². The van der Waals surface area contributed by atoms with Gasteiger partial charge < -0.3 is 14.7 Å². The highest BCUT2D eigenvalue weighted by molar-refractivity contribution is 6.18. The monoisotopic (exact) mass is 230 g/mol. The molecule has 2 atom stereocenters. The van der Waals surface area contributed by atoms with Crippen molar-refractivity contribution in [2.75, 3.05) is 38.9 Å². The third kappa shape index (κ3) is 6.52. The highest BCUT2D eigenvalue weighted by Gasteiger charge is 2.23. The molecule has 0 aliphatic rings. The summed E-state index contributed by atoms with van der Waals surface area (Å²) in [5.74, 6) is 0.442. The first-order valence-electron chi connectivity index (χ1n) is 4.21. The van der Waals surface area contributed by atoms with Crippen molar-refractivity contribution in [3.05, 3.63) is 0 Å². The predicted octanol–water partition coefficient (Wildman–Crippen LogP) is 0.262.